The monoisotopic (exact) mass is 199 g/mol. The average molecular weight is 199 g/mol. The van der Waals surface area contributed by atoms with E-state index in [4.69, 9.17) is 0 Å². The average Bonchev–Trinajstić information content (AvgIpc) is 2.51. The molecule has 2 N–H and O–H groups in total. The predicted molar refractivity (Wildman–Crippen MR) is 61.6 cm³/mol. The Morgan fingerprint density at radius 3 is 2.64 bits per heavy atom. The van der Waals surface area contributed by atoms with Crippen LogP contribution in [0.2, 0.25) is 0 Å². The van der Waals surface area contributed by atoms with Gasteiger partial charge in [-0.15, -0.1) is 0 Å². The van der Waals surface area contributed by atoms with Crippen LogP contribution in [-0.2, 0) is 0 Å². The number of nitrogens with zero attached hydrogens (tertiary/aromatic N) is 1. The van der Waals surface area contributed by atoms with Gasteiger partial charge in [0.15, 0.2) is 0 Å². The summed E-state index contributed by atoms with van der Waals surface area (Å²) in [6, 6.07) is 0. The van der Waals surface area contributed by atoms with Gasteiger partial charge in [0.1, 0.15) is 0 Å². The van der Waals surface area contributed by atoms with Gasteiger partial charge in [-0.25, -0.2) is 0 Å². The second-order valence-electron chi connectivity index (χ2n) is 5.18. The third-order valence-corrected chi connectivity index (χ3v) is 3.17. The molecule has 84 valence electrons. The molecule has 14 heavy (non-hydrogen) atoms. The molecule has 3 heteroatoms. The molecule has 0 bridgehead atoms. The minimum absolute atomic E-state index is 0.213. The van der Waals surface area contributed by atoms with Crippen molar-refractivity contribution in [2.75, 3.05) is 40.3 Å². The molecular weight excluding hydrogens is 174 g/mol. The highest BCUT2D eigenvalue weighted by molar-refractivity contribution is 4.80. The molecule has 0 aromatic heterocycles. The molecule has 1 atom stereocenters. The zero-order valence-electron chi connectivity index (χ0n) is 10.1. The van der Waals surface area contributed by atoms with Gasteiger partial charge in [0.25, 0.3) is 0 Å². The fraction of sp³-hybridized carbons (Fsp3) is 1.00. The van der Waals surface area contributed by atoms with Crippen molar-refractivity contribution in [3.8, 4) is 0 Å². The van der Waals surface area contributed by atoms with Crippen molar-refractivity contribution in [1.29, 1.82) is 0 Å². The van der Waals surface area contributed by atoms with E-state index in [1.165, 1.54) is 19.5 Å². The molecule has 1 aliphatic heterocycles. The van der Waals surface area contributed by atoms with Gasteiger partial charge < -0.3 is 15.5 Å². The highest BCUT2D eigenvalue weighted by Crippen LogP contribution is 2.12. The summed E-state index contributed by atoms with van der Waals surface area (Å²) < 4.78 is 0. The Labute approximate surface area is 88.2 Å². The second kappa shape index (κ2) is 5.10. The Hall–Kier alpha value is -0.120. The van der Waals surface area contributed by atoms with Crippen molar-refractivity contribution in [1.82, 2.24) is 15.5 Å². The van der Waals surface area contributed by atoms with Gasteiger partial charge >= 0.3 is 0 Å². The van der Waals surface area contributed by atoms with Crippen molar-refractivity contribution < 1.29 is 0 Å². The van der Waals surface area contributed by atoms with Crippen LogP contribution >= 0.6 is 0 Å². The number of hydrogen-bond donors (Lipinski definition) is 2. The molecule has 0 aromatic rings. The number of nitrogens with one attached hydrogen (secondary N) is 2. The molecule has 0 radical (unpaired) electrons. The van der Waals surface area contributed by atoms with Gasteiger partial charge in [0.2, 0.25) is 0 Å². The van der Waals surface area contributed by atoms with Gasteiger partial charge in [-0.1, -0.05) is 0 Å². The first-order chi connectivity index (χ1) is 6.53. The third kappa shape index (κ3) is 3.95. The first-order valence-electron chi connectivity index (χ1n) is 5.62. The van der Waals surface area contributed by atoms with Gasteiger partial charge in [-0.05, 0) is 53.4 Å². The number of rotatable bonds is 5. The quantitative estimate of drug-likeness (QED) is 0.676. The van der Waals surface area contributed by atoms with E-state index in [0.29, 0.717) is 0 Å². The topological polar surface area (TPSA) is 27.3 Å². The standard InChI is InChI=1S/C11H25N3/c1-11(2,12-3)9-13-7-10-5-6-14(4)8-10/h10,12-13H,5-9H2,1-4H3. The van der Waals surface area contributed by atoms with Gasteiger partial charge in [0, 0.05) is 18.6 Å². The summed E-state index contributed by atoms with van der Waals surface area (Å²) in [7, 11) is 4.22. The lowest BCUT2D eigenvalue weighted by molar-refractivity contribution is 0.359. The lowest BCUT2D eigenvalue weighted by Crippen LogP contribution is -2.46. The molecule has 1 rings (SSSR count). The molecule has 0 spiro atoms. The van der Waals surface area contributed by atoms with Crippen molar-refractivity contribution in [3.05, 3.63) is 0 Å². The molecular formula is C11H25N3. The fourth-order valence-electron chi connectivity index (χ4n) is 1.87. The van der Waals surface area contributed by atoms with E-state index in [2.05, 4.69) is 36.4 Å². The smallest absolute Gasteiger partial charge is 0.0246 e. The van der Waals surface area contributed by atoms with Crippen molar-refractivity contribution in [2.45, 2.75) is 25.8 Å². The molecule has 0 saturated carbocycles. The predicted octanol–water partition coefficient (Wildman–Crippen LogP) is 0.526. The van der Waals surface area contributed by atoms with Crippen LogP contribution in [0, 0.1) is 5.92 Å². The normalized spacial score (nSPS) is 24.4. The molecule has 1 heterocycles. The first-order valence-corrected chi connectivity index (χ1v) is 5.62. The fourth-order valence-corrected chi connectivity index (χ4v) is 1.87. The van der Waals surface area contributed by atoms with E-state index < -0.39 is 0 Å². The maximum absolute atomic E-state index is 3.55. The molecule has 0 amide bonds. The molecule has 1 fully saturated rings. The van der Waals surface area contributed by atoms with Gasteiger partial charge in [0.05, 0.1) is 0 Å². The lowest BCUT2D eigenvalue weighted by atomic mass is 10.1. The summed E-state index contributed by atoms with van der Waals surface area (Å²) in [4.78, 5) is 2.41. The zero-order valence-corrected chi connectivity index (χ0v) is 10.1. The number of likely N-dealkylation sites (N-methyl/N-ethyl adjacent to an activating group) is 1. The van der Waals surface area contributed by atoms with Crippen molar-refractivity contribution in [2.24, 2.45) is 5.92 Å². The lowest BCUT2D eigenvalue weighted by Gasteiger charge is -2.25. The van der Waals surface area contributed by atoms with Gasteiger partial charge in [-0.3, -0.25) is 0 Å². The molecule has 3 nitrogen and oxygen atoms in total. The molecule has 0 aliphatic carbocycles. The zero-order chi connectivity index (χ0) is 10.6. The van der Waals surface area contributed by atoms with Crippen LogP contribution in [0.4, 0.5) is 0 Å². The molecule has 1 aliphatic rings. The van der Waals surface area contributed by atoms with Crippen molar-refractivity contribution in [3.63, 3.8) is 0 Å². The van der Waals surface area contributed by atoms with Crippen LogP contribution < -0.4 is 10.6 Å². The summed E-state index contributed by atoms with van der Waals surface area (Å²) in [5.41, 5.74) is 0.213. The third-order valence-electron chi connectivity index (χ3n) is 3.17. The van der Waals surface area contributed by atoms with E-state index >= 15 is 0 Å². The number of likely N-dealkylation sites (tertiary alicyclic amines) is 1. The van der Waals surface area contributed by atoms with E-state index in [0.717, 1.165) is 19.0 Å². The Kier molecular flexibility index (Phi) is 4.35. The summed E-state index contributed by atoms with van der Waals surface area (Å²) >= 11 is 0. The summed E-state index contributed by atoms with van der Waals surface area (Å²) in [5, 5.41) is 6.85. The summed E-state index contributed by atoms with van der Waals surface area (Å²) in [6.45, 7) is 9.18. The van der Waals surface area contributed by atoms with Crippen LogP contribution in [0.3, 0.4) is 0 Å². The highest BCUT2D eigenvalue weighted by Gasteiger charge is 2.20. The summed E-state index contributed by atoms with van der Waals surface area (Å²) in [5.74, 6) is 0.854. The van der Waals surface area contributed by atoms with Crippen LogP contribution in [-0.4, -0.2) is 50.7 Å². The first kappa shape index (κ1) is 12.0. The van der Waals surface area contributed by atoms with Gasteiger partial charge in [-0.2, -0.15) is 0 Å². The Morgan fingerprint density at radius 1 is 1.43 bits per heavy atom. The van der Waals surface area contributed by atoms with E-state index in [-0.39, 0.29) is 5.54 Å². The van der Waals surface area contributed by atoms with Crippen LogP contribution in [0.15, 0.2) is 0 Å². The maximum Gasteiger partial charge on any atom is 0.0246 e. The van der Waals surface area contributed by atoms with E-state index in [9.17, 15) is 0 Å². The van der Waals surface area contributed by atoms with E-state index in [1.807, 2.05) is 7.05 Å². The molecule has 0 aromatic carbocycles. The molecule has 1 unspecified atom stereocenters. The minimum atomic E-state index is 0.213. The Bertz CT molecular complexity index is 168. The van der Waals surface area contributed by atoms with Crippen molar-refractivity contribution >= 4 is 0 Å². The van der Waals surface area contributed by atoms with Crippen LogP contribution in [0.1, 0.15) is 20.3 Å². The van der Waals surface area contributed by atoms with Crippen LogP contribution in [0.25, 0.3) is 0 Å². The highest BCUT2D eigenvalue weighted by atomic mass is 15.1. The Balaban J connectivity index is 2.10. The SMILES string of the molecule is CNC(C)(C)CNCC1CCN(C)C1. The van der Waals surface area contributed by atoms with E-state index in [1.54, 1.807) is 0 Å². The Morgan fingerprint density at radius 2 is 2.14 bits per heavy atom. The minimum Gasteiger partial charge on any atom is -0.315 e. The van der Waals surface area contributed by atoms with Crippen LogP contribution in [0.5, 0.6) is 0 Å². The number of hydrogen-bond acceptors (Lipinski definition) is 3. The maximum atomic E-state index is 3.55. The molecule has 1 saturated heterocycles. The second-order valence-corrected chi connectivity index (χ2v) is 5.18. The largest absolute Gasteiger partial charge is 0.315 e. The summed E-state index contributed by atoms with van der Waals surface area (Å²) in [6.07, 6.45) is 1.35.